The monoisotopic (exact) mass is 378 g/mol. The topological polar surface area (TPSA) is 137 Å². The van der Waals surface area contributed by atoms with Crippen LogP contribution in [0.15, 0.2) is 34.2 Å². The SMILES string of the molecule is COC(=O)[C@@H](N)CCCN=C(N)NS(=O)(=O)c1ccc(C)cc1.Cl. The second-order valence-corrected chi connectivity index (χ2v) is 6.64. The largest absolute Gasteiger partial charge is 0.468 e. The van der Waals surface area contributed by atoms with E-state index < -0.39 is 22.0 Å². The molecule has 136 valence electrons. The molecule has 1 rings (SSSR count). The highest BCUT2D eigenvalue weighted by atomic mass is 35.5. The van der Waals surface area contributed by atoms with E-state index in [4.69, 9.17) is 11.5 Å². The standard InChI is InChI=1S/C14H22N4O4S.ClH/c1-10-5-7-11(8-6-10)23(20,21)18-14(16)17-9-3-4-12(15)13(19)22-2;/h5-8,12H,3-4,9,15H2,1-2H3,(H3,16,17,18);1H/t12-;/m0./s1. The summed E-state index contributed by atoms with van der Waals surface area (Å²) in [4.78, 5) is 15.1. The van der Waals surface area contributed by atoms with E-state index in [1.54, 1.807) is 12.1 Å². The first-order valence-electron chi connectivity index (χ1n) is 6.99. The quantitative estimate of drug-likeness (QED) is 0.270. The van der Waals surface area contributed by atoms with Crippen molar-refractivity contribution in [3.63, 3.8) is 0 Å². The lowest BCUT2D eigenvalue weighted by Gasteiger charge is -2.09. The molecule has 1 aromatic rings. The average Bonchev–Trinajstić information content (AvgIpc) is 2.50. The molecule has 0 amide bonds. The summed E-state index contributed by atoms with van der Waals surface area (Å²) in [6.07, 6.45) is 0.845. The van der Waals surface area contributed by atoms with Crippen molar-refractivity contribution < 1.29 is 17.9 Å². The molecule has 0 fully saturated rings. The van der Waals surface area contributed by atoms with Gasteiger partial charge in [0.25, 0.3) is 10.0 Å². The molecule has 0 heterocycles. The smallest absolute Gasteiger partial charge is 0.322 e. The molecule has 0 aliphatic rings. The molecule has 0 spiro atoms. The normalized spacial score (nSPS) is 12.9. The van der Waals surface area contributed by atoms with E-state index in [9.17, 15) is 13.2 Å². The third kappa shape index (κ3) is 7.16. The van der Waals surface area contributed by atoms with Gasteiger partial charge >= 0.3 is 5.97 Å². The van der Waals surface area contributed by atoms with Crippen LogP contribution in [0.3, 0.4) is 0 Å². The number of nitrogens with one attached hydrogen (secondary N) is 1. The van der Waals surface area contributed by atoms with E-state index in [1.165, 1.54) is 19.2 Å². The van der Waals surface area contributed by atoms with Crippen molar-refractivity contribution in [3.05, 3.63) is 29.8 Å². The molecule has 24 heavy (non-hydrogen) atoms. The number of esters is 1. The van der Waals surface area contributed by atoms with Crippen molar-refractivity contribution in [1.29, 1.82) is 0 Å². The Bertz CT molecular complexity index is 662. The first kappa shape index (κ1) is 22.2. The van der Waals surface area contributed by atoms with Crippen molar-refractivity contribution >= 4 is 34.4 Å². The van der Waals surface area contributed by atoms with Crippen LogP contribution in [0.1, 0.15) is 18.4 Å². The van der Waals surface area contributed by atoms with Gasteiger partial charge in [-0.1, -0.05) is 17.7 Å². The number of aryl methyl sites for hydroxylation is 1. The molecule has 1 atom stereocenters. The number of nitrogens with two attached hydrogens (primary N) is 2. The molecule has 5 N–H and O–H groups in total. The van der Waals surface area contributed by atoms with Gasteiger partial charge in [-0.05, 0) is 31.9 Å². The highest BCUT2D eigenvalue weighted by Gasteiger charge is 2.15. The van der Waals surface area contributed by atoms with Gasteiger partial charge in [0.1, 0.15) is 6.04 Å². The third-order valence-electron chi connectivity index (χ3n) is 3.03. The van der Waals surface area contributed by atoms with Gasteiger partial charge in [-0.3, -0.25) is 9.79 Å². The number of carbonyl (C=O) groups is 1. The first-order valence-corrected chi connectivity index (χ1v) is 8.47. The van der Waals surface area contributed by atoms with Crippen LogP contribution in [0.2, 0.25) is 0 Å². The lowest BCUT2D eigenvalue weighted by atomic mass is 10.2. The molecule has 1 aromatic carbocycles. The molecule has 0 saturated carbocycles. The average molecular weight is 379 g/mol. The summed E-state index contributed by atoms with van der Waals surface area (Å²) in [5, 5.41) is 0. The van der Waals surface area contributed by atoms with Crippen molar-refractivity contribution in [2.75, 3.05) is 13.7 Å². The number of methoxy groups -OCH3 is 1. The van der Waals surface area contributed by atoms with E-state index in [1.807, 2.05) is 6.92 Å². The van der Waals surface area contributed by atoms with Crippen LogP contribution in [-0.4, -0.2) is 40.0 Å². The van der Waals surface area contributed by atoms with E-state index >= 15 is 0 Å². The third-order valence-corrected chi connectivity index (χ3v) is 4.40. The zero-order valence-corrected chi connectivity index (χ0v) is 15.2. The summed E-state index contributed by atoms with van der Waals surface area (Å²) in [6, 6.07) is 5.63. The molecule has 8 nitrogen and oxygen atoms in total. The Kier molecular flexibility index (Phi) is 9.34. The number of hydrogen-bond donors (Lipinski definition) is 3. The van der Waals surface area contributed by atoms with Crippen LogP contribution in [0.4, 0.5) is 0 Å². The maximum Gasteiger partial charge on any atom is 0.322 e. The lowest BCUT2D eigenvalue weighted by molar-refractivity contribution is -0.142. The molecule has 0 radical (unpaired) electrons. The zero-order chi connectivity index (χ0) is 17.5. The summed E-state index contributed by atoms with van der Waals surface area (Å²) >= 11 is 0. The Hall–Kier alpha value is -1.84. The number of benzene rings is 1. The molecule has 0 aromatic heterocycles. The molecule has 0 unspecified atom stereocenters. The number of carbonyl (C=O) groups excluding carboxylic acids is 1. The Balaban J connectivity index is 0.00000529. The van der Waals surface area contributed by atoms with Gasteiger partial charge in [0.15, 0.2) is 0 Å². The van der Waals surface area contributed by atoms with Gasteiger partial charge in [-0.2, -0.15) is 0 Å². The number of sulfonamides is 1. The Morgan fingerprint density at radius 3 is 2.46 bits per heavy atom. The zero-order valence-electron chi connectivity index (χ0n) is 13.6. The van der Waals surface area contributed by atoms with E-state index in [0.29, 0.717) is 12.8 Å². The Morgan fingerprint density at radius 2 is 1.92 bits per heavy atom. The minimum Gasteiger partial charge on any atom is -0.468 e. The highest BCUT2D eigenvalue weighted by Crippen LogP contribution is 2.09. The maximum atomic E-state index is 12.1. The molecular weight excluding hydrogens is 356 g/mol. The number of hydrogen-bond acceptors (Lipinski definition) is 6. The summed E-state index contributed by atoms with van der Waals surface area (Å²) in [6.45, 7) is 2.10. The van der Waals surface area contributed by atoms with Gasteiger partial charge in [-0.15, -0.1) is 12.4 Å². The van der Waals surface area contributed by atoms with Crippen LogP contribution in [-0.2, 0) is 19.6 Å². The predicted octanol–water partition coefficient (Wildman–Crippen LogP) is 0.290. The summed E-state index contributed by atoms with van der Waals surface area (Å²) in [7, 11) is -2.49. The van der Waals surface area contributed by atoms with E-state index in [0.717, 1.165) is 5.56 Å². The van der Waals surface area contributed by atoms with Crippen molar-refractivity contribution in [2.45, 2.75) is 30.7 Å². The maximum absolute atomic E-state index is 12.1. The van der Waals surface area contributed by atoms with Crippen LogP contribution < -0.4 is 16.2 Å². The molecular formula is C14H23ClN4O4S. The number of ether oxygens (including phenoxy) is 1. The second kappa shape index (κ2) is 10.1. The number of guanidine groups is 1. The number of aliphatic imine (C=N–C) groups is 1. The second-order valence-electron chi connectivity index (χ2n) is 4.96. The highest BCUT2D eigenvalue weighted by molar-refractivity contribution is 7.90. The van der Waals surface area contributed by atoms with Gasteiger partial charge in [-0.25, -0.2) is 13.1 Å². The van der Waals surface area contributed by atoms with Gasteiger partial charge in [0.05, 0.1) is 12.0 Å². The van der Waals surface area contributed by atoms with Crippen LogP contribution in [0.25, 0.3) is 0 Å². The van der Waals surface area contributed by atoms with Gasteiger partial charge in [0.2, 0.25) is 5.96 Å². The molecule has 0 bridgehead atoms. The van der Waals surface area contributed by atoms with Crippen LogP contribution >= 0.6 is 12.4 Å². The number of nitrogens with zero attached hydrogens (tertiary/aromatic N) is 1. The molecule has 0 aliphatic carbocycles. The Morgan fingerprint density at radius 1 is 1.33 bits per heavy atom. The first-order chi connectivity index (χ1) is 10.8. The minimum atomic E-state index is -3.75. The van der Waals surface area contributed by atoms with Gasteiger partial charge < -0.3 is 16.2 Å². The molecule has 10 heteroatoms. The molecule has 0 aliphatic heterocycles. The van der Waals surface area contributed by atoms with Gasteiger partial charge in [0, 0.05) is 6.54 Å². The fraction of sp³-hybridized carbons (Fsp3) is 0.429. The van der Waals surface area contributed by atoms with E-state index in [2.05, 4.69) is 14.5 Å². The Labute approximate surface area is 148 Å². The summed E-state index contributed by atoms with van der Waals surface area (Å²) in [5.74, 6) is -0.709. The van der Waals surface area contributed by atoms with Crippen LogP contribution in [0, 0.1) is 6.92 Å². The summed E-state index contributed by atoms with van der Waals surface area (Å²) < 4.78 is 30.8. The lowest BCUT2D eigenvalue weighted by Crippen LogP contribution is -2.37. The summed E-state index contributed by atoms with van der Waals surface area (Å²) in [5.41, 5.74) is 12.1. The molecule has 0 saturated heterocycles. The van der Waals surface area contributed by atoms with Crippen LogP contribution in [0.5, 0.6) is 0 Å². The number of halogens is 1. The van der Waals surface area contributed by atoms with E-state index in [-0.39, 0.29) is 29.8 Å². The number of rotatable bonds is 7. The van der Waals surface area contributed by atoms with Crippen molar-refractivity contribution in [3.8, 4) is 0 Å². The van der Waals surface area contributed by atoms with Crippen molar-refractivity contribution in [1.82, 2.24) is 4.72 Å². The van der Waals surface area contributed by atoms with Crippen molar-refractivity contribution in [2.24, 2.45) is 16.5 Å². The fourth-order valence-electron chi connectivity index (χ4n) is 1.73. The minimum absolute atomic E-state index is 0. The predicted molar refractivity (Wildman–Crippen MR) is 94.5 cm³/mol. The fourth-order valence-corrected chi connectivity index (χ4v) is 2.68.